The minimum absolute atomic E-state index is 0.0330. The Morgan fingerprint density at radius 2 is 2.00 bits per heavy atom. The summed E-state index contributed by atoms with van der Waals surface area (Å²) >= 11 is 0.0330. The van der Waals surface area contributed by atoms with E-state index in [2.05, 4.69) is 13.8 Å². The summed E-state index contributed by atoms with van der Waals surface area (Å²) in [6, 6.07) is 0. The monoisotopic (exact) mass is 257 g/mol. The molecular formula is C7H14IO2-. The average molecular weight is 257 g/mol. The topological polar surface area (TPSA) is 40.5 Å². The molecule has 0 radical (unpaired) electrons. The van der Waals surface area contributed by atoms with Crippen LogP contribution in [0.5, 0.6) is 0 Å². The summed E-state index contributed by atoms with van der Waals surface area (Å²) in [5.74, 6) is 0.708. The van der Waals surface area contributed by atoms with E-state index in [1.807, 2.05) is 0 Å². The van der Waals surface area contributed by atoms with Crippen LogP contribution in [0, 0.1) is 5.92 Å². The zero-order valence-corrected chi connectivity index (χ0v) is 8.45. The molecule has 0 aromatic heterocycles. The Hall–Kier alpha value is 0.650. The van der Waals surface area contributed by atoms with Crippen LogP contribution in [-0.2, 0) is 0 Å². The van der Waals surface area contributed by atoms with E-state index < -0.39 is 6.29 Å². The zero-order chi connectivity index (χ0) is 7.72. The van der Waals surface area contributed by atoms with Gasteiger partial charge >= 0.3 is 71.7 Å². The third kappa shape index (κ3) is 1.83. The van der Waals surface area contributed by atoms with Crippen molar-refractivity contribution < 1.29 is 31.4 Å². The van der Waals surface area contributed by atoms with Crippen LogP contribution in [0.15, 0.2) is 0 Å². The third-order valence-electron chi connectivity index (χ3n) is 2.07. The van der Waals surface area contributed by atoms with Gasteiger partial charge in [0.2, 0.25) is 0 Å². The van der Waals surface area contributed by atoms with Gasteiger partial charge in [0.05, 0.1) is 0 Å². The molecule has 0 spiro atoms. The Morgan fingerprint density at radius 1 is 1.40 bits per heavy atom. The van der Waals surface area contributed by atoms with E-state index in [1.54, 1.807) is 0 Å². The van der Waals surface area contributed by atoms with Crippen LogP contribution in [0.3, 0.4) is 0 Å². The van der Waals surface area contributed by atoms with Crippen LogP contribution in [-0.4, -0.2) is 24.4 Å². The Morgan fingerprint density at radius 3 is 2.20 bits per heavy atom. The van der Waals surface area contributed by atoms with Gasteiger partial charge in [0.1, 0.15) is 0 Å². The summed E-state index contributed by atoms with van der Waals surface area (Å²) < 4.78 is 1.01. The van der Waals surface area contributed by atoms with Crippen molar-refractivity contribution in [3.05, 3.63) is 0 Å². The van der Waals surface area contributed by atoms with E-state index in [4.69, 9.17) is 10.2 Å². The van der Waals surface area contributed by atoms with E-state index >= 15 is 0 Å². The second-order valence-corrected chi connectivity index (χ2v) is 7.23. The maximum atomic E-state index is 8.87. The summed E-state index contributed by atoms with van der Waals surface area (Å²) in [6.07, 6.45) is -0.0215. The van der Waals surface area contributed by atoms with E-state index in [0.29, 0.717) is 5.92 Å². The number of rotatable bonds is 1. The van der Waals surface area contributed by atoms with Gasteiger partial charge in [-0.15, -0.1) is 0 Å². The molecule has 2 unspecified atom stereocenters. The minimum atomic E-state index is -1.04. The van der Waals surface area contributed by atoms with E-state index in [9.17, 15) is 0 Å². The fourth-order valence-corrected chi connectivity index (χ4v) is 5.09. The molecular weight excluding hydrogens is 243 g/mol. The molecule has 0 amide bonds. The summed E-state index contributed by atoms with van der Waals surface area (Å²) in [4.78, 5) is 0. The predicted octanol–water partition coefficient (Wildman–Crippen LogP) is -2.82. The molecule has 1 fully saturated rings. The van der Waals surface area contributed by atoms with Gasteiger partial charge in [-0.05, 0) is 0 Å². The maximum absolute atomic E-state index is 8.87. The van der Waals surface area contributed by atoms with E-state index in [-0.39, 0.29) is 25.1 Å². The van der Waals surface area contributed by atoms with Crippen LogP contribution in [0.2, 0.25) is 0 Å². The first-order valence-corrected chi connectivity index (χ1v) is 6.08. The van der Waals surface area contributed by atoms with Crippen molar-refractivity contribution >= 4 is 0 Å². The van der Waals surface area contributed by atoms with Crippen molar-refractivity contribution in [2.45, 2.75) is 34.4 Å². The molecule has 1 saturated heterocycles. The first-order valence-electron chi connectivity index (χ1n) is 3.59. The zero-order valence-electron chi connectivity index (χ0n) is 6.29. The Balaban J connectivity index is 2.41. The van der Waals surface area contributed by atoms with Crippen molar-refractivity contribution in [2.24, 2.45) is 5.92 Å². The quantitative estimate of drug-likeness (QED) is 0.302. The molecule has 0 aromatic rings. The number of halogens is 1. The van der Waals surface area contributed by atoms with E-state index in [1.165, 1.54) is 0 Å². The molecule has 0 bridgehead atoms. The molecule has 3 heteroatoms. The van der Waals surface area contributed by atoms with Crippen LogP contribution in [0.1, 0.15) is 20.3 Å². The molecule has 0 saturated carbocycles. The number of hydrogen-bond acceptors (Lipinski definition) is 2. The molecule has 62 valence electrons. The fraction of sp³-hybridized carbons (Fsp3) is 1.00. The van der Waals surface area contributed by atoms with Gasteiger partial charge in [0, 0.05) is 0 Å². The standard InChI is InChI=1S/C7H14IO2/c1-4-3-6(7(9)10)8-5(4)2/h4-7,9-10H,3H2,1-2H3/q-1/t4-,5?,6?/m1/s1. The average Bonchev–Trinajstić information content (AvgIpc) is 2.13. The number of aliphatic hydroxyl groups excluding tert-OH is 1. The van der Waals surface area contributed by atoms with Crippen LogP contribution in [0.4, 0.5) is 0 Å². The predicted molar refractivity (Wildman–Crippen MR) is 35.3 cm³/mol. The Labute approximate surface area is 71.9 Å². The second-order valence-electron chi connectivity index (χ2n) is 2.95. The summed E-state index contributed by atoms with van der Waals surface area (Å²) in [5, 5.41) is 17.7. The summed E-state index contributed by atoms with van der Waals surface area (Å²) in [7, 11) is 0. The van der Waals surface area contributed by atoms with Gasteiger partial charge in [-0.2, -0.15) is 0 Å². The molecule has 1 rings (SSSR count). The van der Waals surface area contributed by atoms with Gasteiger partial charge in [0.25, 0.3) is 0 Å². The van der Waals surface area contributed by atoms with Crippen molar-refractivity contribution in [3.63, 3.8) is 0 Å². The summed E-state index contributed by atoms with van der Waals surface area (Å²) in [5.41, 5.74) is 0. The molecule has 2 nitrogen and oxygen atoms in total. The van der Waals surface area contributed by atoms with Crippen LogP contribution < -0.4 is 21.2 Å². The SMILES string of the molecule is CC1[I-]C(C(O)O)C[C@H]1C. The first kappa shape index (κ1) is 8.74. The Kier molecular flexibility index (Phi) is 2.94. The molecule has 2 N–H and O–H groups in total. The first-order chi connectivity index (χ1) is 4.61. The second kappa shape index (κ2) is 3.36. The van der Waals surface area contributed by atoms with Crippen molar-refractivity contribution in [2.75, 3.05) is 0 Å². The van der Waals surface area contributed by atoms with E-state index in [0.717, 1.165) is 10.3 Å². The van der Waals surface area contributed by atoms with Gasteiger partial charge in [-0.25, -0.2) is 0 Å². The number of hydrogen-bond donors (Lipinski definition) is 2. The van der Waals surface area contributed by atoms with Gasteiger partial charge in [-0.1, -0.05) is 0 Å². The molecule has 1 aliphatic rings. The van der Waals surface area contributed by atoms with Gasteiger partial charge in [-0.3, -0.25) is 0 Å². The van der Waals surface area contributed by atoms with Crippen molar-refractivity contribution in [3.8, 4) is 0 Å². The fourth-order valence-electron chi connectivity index (χ4n) is 1.16. The molecule has 1 heterocycles. The van der Waals surface area contributed by atoms with Gasteiger partial charge in [0.15, 0.2) is 0 Å². The number of aliphatic hydroxyl groups is 2. The van der Waals surface area contributed by atoms with Gasteiger partial charge < -0.3 is 0 Å². The third-order valence-corrected chi connectivity index (χ3v) is 6.50. The molecule has 0 aromatic carbocycles. The van der Waals surface area contributed by atoms with Crippen LogP contribution >= 0.6 is 0 Å². The van der Waals surface area contributed by atoms with Crippen molar-refractivity contribution in [1.29, 1.82) is 0 Å². The molecule has 1 aliphatic heterocycles. The summed E-state index contributed by atoms with van der Waals surface area (Å²) in [6.45, 7) is 4.42. The normalized spacial score (nSPS) is 41.9. The van der Waals surface area contributed by atoms with Crippen LogP contribution in [0.25, 0.3) is 0 Å². The molecule has 0 aliphatic carbocycles. The molecule has 3 atom stereocenters. The molecule has 10 heavy (non-hydrogen) atoms. The van der Waals surface area contributed by atoms with Crippen molar-refractivity contribution in [1.82, 2.24) is 0 Å². The number of alkyl halides is 2. The Bertz CT molecular complexity index is 106.